The molecule has 2 aromatic heterocycles. The van der Waals surface area contributed by atoms with Crippen LogP contribution in [0.4, 0.5) is 17.1 Å². The van der Waals surface area contributed by atoms with Gasteiger partial charge in [-0.1, -0.05) is 84.9 Å². The molecule has 0 aliphatic carbocycles. The predicted octanol–water partition coefficient (Wildman–Crippen LogP) is 12.7. The van der Waals surface area contributed by atoms with Gasteiger partial charge in [0.15, 0.2) is 0 Å². The minimum atomic E-state index is 0.137. The van der Waals surface area contributed by atoms with Gasteiger partial charge in [-0.3, -0.25) is 4.98 Å². The highest BCUT2D eigenvalue weighted by Crippen LogP contribution is 2.42. The number of aromatic nitrogens is 1. The van der Waals surface area contributed by atoms with Crippen molar-refractivity contribution < 1.29 is 8.53 Å². The quantitative estimate of drug-likeness (QED) is 0.180. The molecule has 0 amide bonds. The summed E-state index contributed by atoms with van der Waals surface area (Å²) >= 11 is 0. The zero-order valence-electron chi connectivity index (χ0n) is 29.6. The van der Waals surface area contributed by atoms with Crippen molar-refractivity contribution in [3.8, 4) is 22.3 Å². The lowest BCUT2D eigenvalue weighted by molar-refractivity contribution is 0.669. The van der Waals surface area contributed by atoms with E-state index in [4.69, 9.17) is 13.5 Å². The van der Waals surface area contributed by atoms with Gasteiger partial charge in [-0.25, -0.2) is 0 Å². The number of hydrogen-bond acceptors (Lipinski definition) is 3. The van der Waals surface area contributed by atoms with Crippen LogP contribution in [0.3, 0.4) is 0 Å². The number of fused-ring (bicyclic) bond motifs is 6. The summed E-state index contributed by atoms with van der Waals surface area (Å²) in [5, 5.41) is 5.53. The second kappa shape index (κ2) is 11.3. The van der Waals surface area contributed by atoms with E-state index in [0.717, 1.165) is 88.4 Å². The van der Waals surface area contributed by atoms with Gasteiger partial charge in [0.1, 0.15) is 11.2 Å². The van der Waals surface area contributed by atoms with Crippen molar-refractivity contribution in [1.82, 2.24) is 4.98 Å². The summed E-state index contributed by atoms with van der Waals surface area (Å²) in [6.07, 6.45) is 1.86. The Kier molecular flexibility index (Phi) is 5.85. The molecule has 0 atom stereocenters. The van der Waals surface area contributed by atoms with Crippen LogP contribution in [0.25, 0.3) is 65.9 Å². The van der Waals surface area contributed by atoms with Crippen LogP contribution in [0.5, 0.6) is 0 Å². The molecular formula is C45H32N2O. The first kappa shape index (κ1) is 25.0. The molecule has 0 fully saturated rings. The van der Waals surface area contributed by atoms with Gasteiger partial charge in [0, 0.05) is 44.8 Å². The fourth-order valence-corrected chi connectivity index (χ4v) is 7.08. The molecule has 0 aliphatic heterocycles. The third kappa shape index (κ3) is 4.71. The fraction of sp³-hybridized carbons (Fsp3) is 0.0444. The van der Waals surface area contributed by atoms with Crippen molar-refractivity contribution in [1.29, 1.82) is 0 Å². The first-order valence-corrected chi connectivity index (χ1v) is 16.1. The molecule has 0 radical (unpaired) electrons. The molecule has 2 heterocycles. The highest BCUT2D eigenvalue weighted by Gasteiger charge is 2.18. The van der Waals surface area contributed by atoms with Gasteiger partial charge in [-0.05, 0) is 119 Å². The molecule has 0 saturated heterocycles. The van der Waals surface area contributed by atoms with Gasteiger partial charge in [-0.15, -0.1) is 0 Å². The summed E-state index contributed by atoms with van der Waals surface area (Å²) in [5.74, 6) is 0. The van der Waals surface area contributed by atoms with E-state index < -0.39 is 0 Å². The van der Waals surface area contributed by atoms with Crippen LogP contribution in [0.2, 0.25) is 0 Å². The highest BCUT2D eigenvalue weighted by atomic mass is 16.3. The Morgan fingerprint density at radius 1 is 0.562 bits per heavy atom. The van der Waals surface area contributed by atoms with Crippen LogP contribution < -0.4 is 4.90 Å². The van der Waals surface area contributed by atoms with Gasteiger partial charge < -0.3 is 9.32 Å². The average molecular weight is 620 g/mol. The van der Waals surface area contributed by atoms with E-state index >= 15 is 0 Å². The summed E-state index contributed by atoms with van der Waals surface area (Å²) in [6, 6.07) is 45.3. The zero-order valence-corrected chi connectivity index (χ0v) is 26.6. The van der Waals surface area contributed by atoms with Crippen LogP contribution in [0.15, 0.2) is 162 Å². The smallest absolute Gasteiger partial charge is 0.136 e. The maximum Gasteiger partial charge on any atom is 0.136 e. The molecule has 3 nitrogen and oxygen atoms in total. The summed E-state index contributed by atoms with van der Waals surface area (Å²) in [4.78, 5) is 6.74. The van der Waals surface area contributed by atoms with Crippen LogP contribution in [0, 0.1) is 13.8 Å². The van der Waals surface area contributed by atoms with Crippen molar-refractivity contribution >= 4 is 60.7 Å². The second-order valence-corrected chi connectivity index (χ2v) is 12.4. The monoisotopic (exact) mass is 619 g/mol. The number of aryl methyl sites for hydroxylation is 2. The van der Waals surface area contributed by atoms with Crippen LogP contribution in [-0.4, -0.2) is 4.98 Å². The van der Waals surface area contributed by atoms with Gasteiger partial charge in [-0.2, -0.15) is 0 Å². The molecule has 0 saturated carbocycles. The molecule has 3 heteroatoms. The van der Waals surface area contributed by atoms with Crippen molar-refractivity contribution in [2.75, 3.05) is 4.90 Å². The standard InChI is InChI=1S/C45H32N2O/c1-29-24-30(2)26-36(25-29)47(34-11-4-3-5-12-34)35-20-17-31(18-21-35)32-19-22-40-43(28-32)48-42-16-8-14-38(44(40)42)41-27-33-10-6-7-13-37(33)45-39(41)15-9-23-46-45/h3-28H,1-2H3/i3D,11D,12D. The molecule has 48 heavy (non-hydrogen) atoms. The van der Waals surface area contributed by atoms with Crippen molar-refractivity contribution in [2.24, 2.45) is 0 Å². The SMILES string of the molecule is [2H]c1cc([2H])c(N(c2ccc(-c3ccc4c(c3)oc3cccc(-c5cc6ccccc6c6ncccc56)c34)cc2)c2cc(C)cc(C)c2)c([2H])c1. The Morgan fingerprint density at radius 3 is 2.17 bits per heavy atom. The Balaban J connectivity index is 1.15. The Labute approximate surface area is 283 Å². The van der Waals surface area contributed by atoms with Crippen molar-refractivity contribution in [2.45, 2.75) is 13.8 Å². The van der Waals surface area contributed by atoms with Crippen LogP contribution in [-0.2, 0) is 0 Å². The van der Waals surface area contributed by atoms with E-state index in [0.29, 0.717) is 5.69 Å². The molecule has 0 unspecified atom stereocenters. The summed E-state index contributed by atoms with van der Waals surface area (Å²) < 4.78 is 32.1. The van der Waals surface area contributed by atoms with E-state index in [1.165, 1.54) is 12.1 Å². The second-order valence-electron chi connectivity index (χ2n) is 12.4. The average Bonchev–Trinajstić information content (AvgIpc) is 3.51. The normalized spacial score (nSPS) is 12.4. The lowest BCUT2D eigenvalue weighted by atomic mass is 9.93. The van der Waals surface area contributed by atoms with Gasteiger partial charge in [0.05, 0.1) is 9.63 Å². The van der Waals surface area contributed by atoms with Crippen LogP contribution in [0.1, 0.15) is 15.2 Å². The van der Waals surface area contributed by atoms with Crippen molar-refractivity contribution in [3.63, 3.8) is 0 Å². The maximum atomic E-state index is 8.74. The largest absolute Gasteiger partial charge is 0.456 e. The fourth-order valence-electron chi connectivity index (χ4n) is 7.08. The molecular weight excluding hydrogens is 585 g/mol. The molecule has 9 aromatic rings. The lowest BCUT2D eigenvalue weighted by Crippen LogP contribution is -2.10. The third-order valence-corrected chi connectivity index (χ3v) is 9.13. The first-order chi connectivity index (χ1) is 24.8. The zero-order chi connectivity index (χ0) is 34.8. The number of benzene rings is 7. The predicted molar refractivity (Wildman–Crippen MR) is 202 cm³/mol. The molecule has 9 rings (SSSR count). The van der Waals surface area contributed by atoms with E-state index in [9.17, 15) is 0 Å². The topological polar surface area (TPSA) is 29.3 Å². The Hall–Kier alpha value is -6.19. The lowest BCUT2D eigenvalue weighted by Gasteiger charge is -2.26. The van der Waals surface area contributed by atoms with E-state index in [-0.39, 0.29) is 18.1 Å². The van der Waals surface area contributed by atoms with Gasteiger partial charge in [0.2, 0.25) is 0 Å². The third-order valence-electron chi connectivity index (χ3n) is 9.13. The summed E-state index contributed by atoms with van der Waals surface area (Å²) in [5.41, 5.74) is 11.2. The van der Waals surface area contributed by atoms with Gasteiger partial charge in [0.25, 0.3) is 0 Å². The summed E-state index contributed by atoms with van der Waals surface area (Å²) in [7, 11) is 0. The van der Waals surface area contributed by atoms with Gasteiger partial charge >= 0.3 is 0 Å². The number of hydrogen-bond donors (Lipinski definition) is 0. The minimum absolute atomic E-state index is 0.137. The number of anilines is 3. The molecule has 0 aliphatic rings. The van der Waals surface area contributed by atoms with Crippen LogP contribution >= 0.6 is 0 Å². The molecule has 0 spiro atoms. The molecule has 0 N–H and O–H groups in total. The number of furan rings is 1. The number of rotatable bonds is 5. The molecule has 0 bridgehead atoms. The molecule has 7 aromatic carbocycles. The molecule has 228 valence electrons. The Morgan fingerprint density at radius 2 is 1.33 bits per heavy atom. The maximum absolute atomic E-state index is 8.74. The minimum Gasteiger partial charge on any atom is -0.456 e. The number of nitrogens with zero attached hydrogens (tertiary/aromatic N) is 2. The van der Waals surface area contributed by atoms with E-state index in [2.05, 4.69) is 97.1 Å². The first-order valence-electron chi connectivity index (χ1n) is 17.6. The summed E-state index contributed by atoms with van der Waals surface area (Å²) in [6.45, 7) is 4.10. The number of para-hydroxylation sites is 1. The highest BCUT2D eigenvalue weighted by molar-refractivity contribution is 6.19. The Bertz CT molecular complexity index is 2780. The van der Waals surface area contributed by atoms with E-state index in [1.54, 1.807) is 0 Å². The number of pyridine rings is 1. The van der Waals surface area contributed by atoms with Crippen molar-refractivity contribution in [3.05, 3.63) is 169 Å². The van der Waals surface area contributed by atoms with E-state index in [1.807, 2.05) is 49.2 Å².